The van der Waals surface area contributed by atoms with Crippen molar-refractivity contribution in [1.29, 1.82) is 0 Å². The first-order valence-electron chi connectivity index (χ1n) is 5.52. The average Bonchev–Trinajstić information content (AvgIpc) is 2.28. The topological polar surface area (TPSA) is 26.3 Å². The molecule has 0 saturated carbocycles. The van der Waals surface area contributed by atoms with Crippen molar-refractivity contribution in [1.82, 2.24) is 0 Å². The van der Waals surface area contributed by atoms with Gasteiger partial charge in [0.15, 0.2) is 0 Å². The van der Waals surface area contributed by atoms with Crippen LogP contribution in [0, 0.1) is 0 Å². The van der Waals surface area contributed by atoms with Crippen molar-refractivity contribution in [2.45, 2.75) is 33.1 Å². The van der Waals surface area contributed by atoms with Gasteiger partial charge in [0.25, 0.3) is 0 Å². The van der Waals surface area contributed by atoms with Gasteiger partial charge in [-0.05, 0) is 30.9 Å². The average molecular weight is 218 g/mol. The molecule has 0 aliphatic carbocycles. The molecule has 0 heterocycles. The Hall–Kier alpha value is -1.57. The van der Waals surface area contributed by atoms with Crippen LogP contribution in [0.15, 0.2) is 36.4 Å². The maximum atomic E-state index is 11.5. The first-order chi connectivity index (χ1) is 7.56. The molecule has 0 aliphatic rings. The molecule has 1 aromatic carbocycles. The van der Waals surface area contributed by atoms with Gasteiger partial charge < -0.3 is 4.74 Å². The minimum Gasteiger partial charge on any atom is -0.423 e. The van der Waals surface area contributed by atoms with E-state index in [4.69, 9.17) is 4.74 Å². The molecule has 2 nitrogen and oxygen atoms in total. The quantitative estimate of drug-likeness (QED) is 0.438. The Morgan fingerprint density at radius 1 is 1.44 bits per heavy atom. The summed E-state index contributed by atoms with van der Waals surface area (Å²) in [6, 6.07) is 7.64. The van der Waals surface area contributed by atoms with Gasteiger partial charge in [0, 0.05) is 5.57 Å². The van der Waals surface area contributed by atoms with Crippen LogP contribution in [0.1, 0.15) is 38.7 Å². The molecule has 0 fully saturated rings. The second-order valence-corrected chi connectivity index (χ2v) is 4.02. The van der Waals surface area contributed by atoms with E-state index in [0.717, 1.165) is 12.0 Å². The lowest BCUT2D eigenvalue weighted by atomic mass is 9.98. The van der Waals surface area contributed by atoms with Crippen molar-refractivity contribution in [2.24, 2.45) is 0 Å². The van der Waals surface area contributed by atoms with E-state index in [1.807, 2.05) is 24.3 Å². The van der Waals surface area contributed by atoms with Gasteiger partial charge in [0.1, 0.15) is 5.75 Å². The van der Waals surface area contributed by atoms with Crippen LogP contribution in [0.3, 0.4) is 0 Å². The third-order valence-electron chi connectivity index (χ3n) is 2.61. The number of carbonyl (C=O) groups excluding carboxylic acids is 1. The number of carbonyl (C=O) groups is 1. The molecule has 2 heteroatoms. The Kier molecular flexibility index (Phi) is 4.29. The summed E-state index contributed by atoms with van der Waals surface area (Å²) < 4.78 is 5.29. The number of ether oxygens (including phenoxy) is 1. The van der Waals surface area contributed by atoms with E-state index in [0.29, 0.717) is 17.2 Å². The van der Waals surface area contributed by atoms with Crippen LogP contribution in [0.4, 0.5) is 0 Å². The van der Waals surface area contributed by atoms with Crippen molar-refractivity contribution in [2.75, 3.05) is 0 Å². The molecule has 0 radical (unpaired) electrons. The van der Waals surface area contributed by atoms with Gasteiger partial charge >= 0.3 is 5.97 Å². The highest BCUT2D eigenvalue weighted by Crippen LogP contribution is 2.28. The van der Waals surface area contributed by atoms with Crippen molar-refractivity contribution < 1.29 is 9.53 Å². The van der Waals surface area contributed by atoms with E-state index in [-0.39, 0.29) is 5.97 Å². The molecule has 0 aromatic heterocycles. The van der Waals surface area contributed by atoms with E-state index >= 15 is 0 Å². The highest BCUT2D eigenvalue weighted by molar-refractivity contribution is 5.88. The first kappa shape index (κ1) is 12.5. The maximum Gasteiger partial charge on any atom is 0.338 e. The van der Waals surface area contributed by atoms with E-state index in [2.05, 4.69) is 20.4 Å². The highest BCUT2D eigenvalue weighted by atomic mass is 16.5. The predicted octanol–water partition coefficient (Wildman–Crippen LogP) is 3.68. The van der Waals surface area contributed by atoms with Gasteiger partial charge in [0.2, 0.25) is 0 Å². The molecule has 1 atom stereocenters. The number of hydrogen-bond donors (Lipinski definition) is 0. The standard InChI is InChI=1S/C14H18O2/c1-5-11(4)12-8-6-7-9-13(12)16-14(15)10(2)3/h6-9,11H,2,5H2,1,3-4H3. The zero-order valence-corrected chi connectivity index (χ0v) is 10.1. The number of rotatable bonds is 4. The Bertz CT molecular complexity index is 393. The van der Waals surface area contributed by atoms with Crippen LogP contribution in [0.25, 0.3) is 0 Å². The van der Waals surface area contributed by atoms with Crippen molar-refractivity contribution in [3.8, 4) is 5.75 Å². The van der Waals surface area contributed by atoms with Crippen LogP contribution in [0.2, 0.25) is 0 Å². The largest absolute Gasteiger partial charge is 0.423 e. The van der Waals surface area contributed by atoms with Gasteiger partial charge in [-0.1, -0.05) is 38.6 Å². The van der Waals surface area contributed by atoms with Crippen molar-refractivity contribution >= 4 is 5.97 Å². The molecule has 0 bridgehead atoms. The SMILES string of the molecule is C=C(C)C(=O)Oc1ccccc1C(C)CC. The smallest absolute Gasteiger partial charge is 0.338 e. The van der Waals surface area contributed by atoms with Gasteiger partial charge in [-0.2, -0.15) is 0 Å². The molecule has 1 aromatic rings. The molecule has 1 unspecified atom stereocenters. The molecule has 86 valence electrons. The Labute approximate surface area is 96.9 Å². The Balaban J connectivity index is 2.95. The second-order valence-electron chi connectivity index (χ2n) is 4.02. The number of benzene rings is 1. The van der Waals surface area contributed by atoms with E-state index in [1.165, 1.54) is 0 Å². The summed E-state index contributed by atoms with van der Waals surface area (Å²) >= 11 is 0. The van der Waals surface area contributed by atoms with Gasteiger partial charge in [-0.25, -0.2) is 4.79 Å². The number of hydrogen-bond acceptors (Lipinski definition) is 2. The lowest BCUT2D eigenvalue weighted by molar-refractivity contribution is -0.130. The normalized spacial score (nSPS) is 11.9. The summed E-state index contributed by atoms with van der Waals surface area (Å²) in [6.45, 7) is 9.45. The van der Waals surface area contributed by atoms with Gasteiger partial charge in [-0.3, -0.25) is 0 Å². The fourth-order valence-electron chi connectivity index (χ4n) is 1.39. The summed E-state index contributed by atoms with van der Waals surface area (Å²) in [6.07, 6.45) is 1.02. The zero-order chi connectivity index (χ0) is 12.1. The van der Waals surface area contributed by atoms with Crippen molar-refractivity contribution in [3.05, 3.63) is 42.0 Å². The molecule has 0 aliphatic heterocycles. The zero-order valence-electron chi connectivity index (χ0n) is 10.1. The lowest BCUT2D eigenvalue weighted by Gasteiger charge is -2.14. The number of esters is 1. The lowest BCUT2D eigenvalue weighted by Crippen LogP contribution is -2.10. The fourth-order valence-corrected chi connectivity index (χ4v) is 1.39. The fraction of sp³-hybridized carbons (Fsp3) is 0.357. The summed E-state index contributed by atoms with van der Waals surface area (Å²) in [7, 11) is 0. The van der Waals surface area contributed by atoms with E-state index in [9.17, 15) is 4.79 Å². The van der Waals surface area contributed by atoms with Crippen molar-refractivity contribution in [3.63, 3.8) is 0 Å². The van der Waals surface area contributed by atoms with Crippen LogP contribution in [-0.2, 0) is 4.79 Å². The molecular formula is C14H18O2. The summed E-state index contributed by atoms with van der Waals surface area (Å²) in [4.78, 5) is 11.5. The first-order valence-corrected chi connectivity index (χ1v) is 5.52. The molecule has 0 N–H and O–H groups in total. The van der Waals surface area contributed by atoms with E-state index < -0.39 is 0 Å². The Morgan fingerprint density at radius 2 is 2.06 bits per heavy atom. The second kappa shape index (κ2) is 5.50. The molecular weight excluding hydrogens is 200 g/mol. The van der Waals surface area contributed by atoms with Gasteiger partial charge in [-0.15, -0.1) is 0 Å². The minimum absolute atomic E-state index is 0.365. The highest BCUT2D eigenvalue weighted by Gasteiger charge is 2.12. The summed E-state index contributed by atoms with van der Waals surface area (Å²) in [5.74, 6) is 0.662. The van der Waals surface area contributed by atoms with Crippen LogP contribution >= 0.6 is 0 Å². The summed E-state index contributed by atoms with van der Waals surface area (Å²) in [5, 5.41) is 0. The molecule has 16 heavy (non-hydrogen) atoms. The molecule has 0 amide bonds. The van der Waals surface area contributed by atoms with Crippen LogP contribution in [-0.4, -0.2) is 5.97 Å². The van der Waals surface area contributed by atoms with Gasteiger partial charge in [0.05, 0.1) is 0 Å². The number of para-hydroxylation sites is 1. The van der Waals surface area contributed by atoms with E-state index in [1.54, 1.807) is 6.92 Å². The van der Waals surface area contributed by atoms with Crippen LogP contribution in [0.5, 0.6) is 5.75 Å². The molecule has 0 saturated heterocycles. The minimum atomic E-state index is -0.365. The third-order valence-corrected chi connectivity index (χ3v) is 2.61. The third kappa shape index (κ3) is 2.96. The summed E-state index contributed by atoms with van der Waals surface area (Å²) in [5.41, 5.74) is 1.48. The van der Waals surface area contributed by atoms with Crippen LogP contribution < -0.4 is 4.74 Å². The Morgan fingerprint density at radius 3 is 2.62 bits per heavy atom. The predicted molar refractivity (Wildman–Crippen MR) is 65.6 cm³/mol. The molecule has 0 spiro atoms. The molecule has 1 rings (SSSR count). The maximum absolute atomic E-state index is 11.5. The monoisotopic (exact) mass is 218 g/mol.